The average molecular weight is 294 g/mol. The number of rotatable bonds is 5. The summed E-state index contributed by atoms with van der Waals surface area (Å²) in [5.41, 5.74) is 2.85. The van der Waals surface area contributed by atoms with Crippen molar-refractivity contribution < 1.29 is 9.53 Å². The van der Waals surface area contributed by atoms with Crippen LogP contribution in [0, 0.1) is 0 Å². The lowest BCUT2D eigenvalue weighted by molar-refractivity contribution is -0.110. The lowest BCUT2D eigenvalue weighted by Gasteiger charge is -2.05. The van der Waals surface area contributed by atoms with E-state index in [-0.39, 0.29) is 5.91 Å². The predicted molar refractivity (Wildman–Crippen MR) is 88.1 cm³/mol. The van der Waals surface area contributed by atoms with Gasteiger partial charge in [0.1, 0.15) is 11.5 Å². The second kappa shape index (κ2) is 6.43. The van der Waals surface area contributed by atoms with Crippen LogP contribution in [0.4, 0.5) is 11.4 Å². The van der Waals surface area contributed by atoms with E-state index in [4.69, 9.17) is 4.74 Å². The molecule has 3 rings (SSSR count). The number of carbonyl (C=O) groups is 1. The summed E-state index contributed by atoms with van der Waals surface area (Å²) in [5, 5.41) is 2.82. The van der Waals surface area contributed by atoms with Gasteiger partial charge in [-0.25, -0.2) is 4.99 Å². The number of fused-ring (bicyclic) bond motifs is 1. The van der Waals surface area contributed by atoms with E-state index >= 15 is 0 Å². The van der Waals surface area contributed by atoms with Gasteiger partial charge in [-0.3, -0.25) is 4.79 Å². The molecular formula is C18H18N2O2. The molecule has 4 heteroatoms. The van der Waals surface area contributed by atoms with Gasteiger partial charge in [0, 0.05) is 5.56 Å². The molecule has 0 spiro atoms. The predicted octanol–water partition coefficient (Wildman–Crippen LogP) is 3.94. The SMILES string of the molecule is CCCCOc1ccc(N=C2C(=O)Nc3ccccc32)cc1. The Morgan fingerprint density at radius 3 is 2.64 bits per heavy atom. The summed E-state index contributed by atoms with van der Waals surface area (Å²) in [6.45, 7) is 2.85. The molecule has 0 unspecified atom stereocenters. The van der Waals surface area contributed by atoms with Crippen molar-refractivity contribution in [1.29, 1.82) is 0 Å². The molecule has 0 saturated carbocycles. The van der Waals surface area contributed by atoms with Gasteiger partial charge in [-0.2, -0.15) is 0 Å². The fourth-order valence-electron chi connectivity index (χ4n) is 2.29. The van der Waals surface area contributed by atoms with E-state index in [1.54, 1.807) is 0 Å². The number of anilines is 1. The lowest BCUT2D eigenvalue weighted by Crippen LogP contribution is -2.13. The van der Waals surface area contributed by atoms with Crippen molar-refractivity contribution in [3.05, 3.63) is 54.1 Å². The van der Waals surface area contributed by atoms with Crippen LogP contribution >= 0.6 is 0 Å². The van der Waals surface area contributed by atoms with Crippen molar-refractivity contribution in [1.82, 2.24) is 0 Å². The minimum atomic E-state index is -0.163. The van der Waals surface area contributed by atoms with Gasteiger partial charge in [0.25, 0.3) is 5.91 Å². The fourth-order valence-corrected chi connectivity index (χ4v) is 2.29. The van der Waals surface area contributed by atoms with Crippen molar-refractivity contribution in [2.45, 2.75) is 19.8 Å². The summed E-state index contributed by atoms with van der Waals surface area (Å²) in [4.78, 5) is 16.5. The van der Waals surface area contributed by atoms with Gasteiger partial charge >= 0.3 is 0 Å². The maximum absolute atomic E-state index is 12.0. The molecule has 1 N–H and O–H groups in total. The Labute approximate surface area is 129 Å². The first-order valence-corrected chi connectivity index (χ1v) is 7.50. The van der Waals surface area contributed by atoms with Crippen LogP contribution in [0.15, 0.2) is 53.5 Å². The van der Waals surface area contributed by atoms with Gasteiger partial charge in [-0.15, -0.1) is 0 Å². The number of nitrogens with zero attached hydrogens (tertiary/aromatic N) is 1. The number of nitrogens with one attached hydrogen (secondary N) is 1. The molecule has 0 atom stereocenters. The molecule has 22 heavy (non-hydrogen) atoms. The monoisotopic (exact) mass is 294 g/mol. The molecule has 0 aromatic heterocycles. The summed E-state index contributed by atoms with van der Waals surface area (Å²) >= 11 is 0. The Hall–Kier alpha value is -2.62. The molecule has 1 aliphatic rings. The summed E-state index contributed by atoms with van der Waals surface area (Å²) < 4.78 is 5.62. The Bertz CT molecular complexity index is 705. The van der Waals surface area contributed by atoms with Gasteiger partial charge in [0.2, 0.25) is 0 Å². The molecule has 1 amide bonds. The standard InChI is InChI=1S/C18H18N2O2/c1-2-3-12-22-14-10-8-13(9-11-14)19-17-15-6-4-5-7-16(15)20-18(17)21/h4-11H,2-3,12H2,1H3,(H,19,20,21). The van der Waals surface area contributed by atoms with Gasteiger partial charge in [0.15, 0.2) is 0 Å². The van der Waals surface area contributed by atoms with E-state index in [9.17, 15) is 4.79 Å². The fraction of sp³-hybridized carbons (Fsp3) is 0.222. The zero-order chi connectivity index (χ0) is 15.4. The maximum atomic E-state index is 12.0. The Morgan fingerprint density at radius 2 is 1.86 bits per heavy atom. The van der Waals surface area contributed by atoms with Crippen molar-refractivity contribution in [2.24, 2.45) is 4.99 Å². The molecule has 0 saturated heterocycles. The van der Waals surface area contributed by atoms with Crippen molar-refractivity contribution in [3.8, 4) is 5.75 Å². The highest BCUT2D eigenvalue weighted by molar-refractivity contribution is 6.54. The molecular weight excluding hydrogens is 276 g/mol. The van der Waals surface area contributed by atoms with Crippen molar-refractivity contribution >= 4 is 23.0 Å². The molecule has 0 fully saturated rings. The van der Waals surface area contributed by atoms with Crippen LogP contribution in [0.1, 0.15) is 25.3 Å². The summed E-state index contributed by atoms with van der Waals surface area (Å²) in [5.74, 6) is 0.665. The molecule has 0 radical (unpaired) electrons. The number of ether oxygens (including phenoxy) is 1. The minimum absolute atomic E-state index is 0.163. The number of hydrogen-bond donors (Lipinski definition) is 1. The third kappa shape index (κ3) is 3.01. The highest BCUT2D eigenvalue weighted by Crippen LogP contribution is 2.26. The molecule has 1 heterocycles. The third-order valence-corrected chi connectivity index (χ3v) is 3.49. The van der Waals surface area contributed by atoms with Crippen LogP contribution in [-0.2, 0) is 4.79 Å². The number of amides is 1. The number of carbonyl (C=O) groups excluding carboxylic acids is 1. The number of unbranched alkanes of at least 4 members (excludes halogenated alkanes) is 1. The third-order valence-electron chi connectivity index (χ3n) is 3.49. The number of hydrogen-bond acceptors (Lipinski definition) is 3. The first kappa shape index (κ1) is 14.3. The lowest BCUT2D eigenvalue weighted by atomic mass is 10.1. The summed E-state index contributed by atoms with van der Waals surface area (Å²) in [6, 6.07) is 15.1. The first-order chi connectivity index (χ1) is 10.8. The summed E-state index contributed by atoms with van der Waals surface area (Å²) in [6.07, 6.45) is 2.15. The largest absolute Gasteiger partial charge is 0.494 e. The molecule has 2 aromatic rings. The first-order valence-electron chi connectivity index (χ1n) is 7.50. The maximum Gasteiger partial charge on any atom is 0.275 e. The van der Waals surface area contributed by atoms with E-state index in [1.165, 1.54) is 0 Å². The smallest absolute Gasteiger partial charge is 0.275 e. The van der Waals surface area contributed by atoms with Gasteiger partial charge in [-0.05, 0) is 36.8 Å². The molecule has 2 aromatic carbocycles. The normalized spacial score (nSPS) is 14.8. The second-order valence-electron chi connectivity index (χ2n) is 5.16. The summed E-state index contributed by atoms with van der Waals surface area (Å²) in [7, 11) is 0. The van der Waals surface area contributed by atoms with Gasteiger partial charge < -0.3 is 10.1 Å². The molecule has 0 aliphatic carbocycles. The average Bonchev–Trinajstić information content (AvgIpc) is 2.85. The van der Waals surface area contributed by atoms with Crippen LogP contribution in [0.25, 0.3) is 0 Å². The molecule has 4 nitrogen and oxygen atoms in total. The molecule has 0 bridgehead atoms. The minimum Gasteiger partial charge on any atom is -0.494 e. The van der Waals surface area contributed by atoms with Crippen LogP contribution in [0.3, 0.4) is 0 Å². The van der Waals surface area contributed by atoms with Gasteiger partial charge in [-0.1, -0.05) is 31.5 Å². The topological polar surface area (TPSA) is 50.7 Å². The van der Waals surface area contributed by atoms with E-state index in [0.29, 0.717) is 5.71 Å². The van der Waals surface area contributed by atoms with Crippen LogP contribution in [0.2, 0.25) is 0 Å². The quantitative estimate of drug-likeness (QED) is 0.849. The number of benzene rings is 2. The van der Waals surface area contributed by atoms with Crippen molar-refractivity contribution in [3.63, 3.8) is 0 Å². The highest BCUT2D eigenvalue weighted by atomic mass is 16.5. The van der Waals surface area contributed by atoms with E-state index in [2.05, 4.69) is 17.2 Å². The van der Waals surface area contributed by atoms with Crippen LogP contribution < -0.4 is 10.1 Å². The highest BCUT2D eigenvalue weighted by Gasteiger charge is 2.25. The zero-order valence-electron chi connectivity index (χ0n) is 12.5. The van der Waals surface area contributed by atoms with Crippen LogP contribution in [0.5, 0.6) is 5.75 Å². The Morgan fingerprint density at radius 1 is 1.09 bits per heavy atom. The van der Waals surface area contributed by atoms with Crippen molar-refractivity contribution in [2.75, 3.05) is 11.9 Å². The Balaban J connectivity index is 1.79. The van der Waals surface area contributed by atoms with E-state index in [1.807, 2.05) is 48.5 Å². The second-order valence-corrected chi connectivity index (χ2v) is 5.16. The van der Waals surface area contributed by atoms with E-state index in [0.717, 1.165) is 42.1 Å². The number of para-hydroxylation sites is 1. The Kier molecular flexibility index (Phi) is 4.19. The van der Waals surface area contributed by atoms with Crippen LogP contribution in [-0.4, -0.2) is 18.2 Å². The van der Waals surface area contributed by atoms with E-state index < -0.39 is 0 Å². The zero-order valence-corrected chi connectivity index (χ0v) is 12.5. The number of aliphatic imine (C=N–C) groups is 1. The van der Waals surface area contributed by atoms with Gasteiger partial charge in [0.05, 0.1) is 18.0 Å². The molecule has 1 aliphatic heterocycles. The molecule has 112 valence electrons.